The SMILES string of the molecule is COc1cccc(-n2c(-c3ccccc3)cnc2SCC(=O)N(C2CC2)[C@@H]2CCS(=O)(=O)C2)c1. The molecule has 2 fully saturated rings. The Bertz CT molecular complexity index is 1290. The highest BCUT2D eigenvalue weighted by Gasteiger charge is 2.42. The van der Waals surface area contributed by atoms with Gasteiger partial charge in [0.15, 0.2) is 15.0 Å². The molecule has 1 saturated heterocycles. The average Bonchev–Trinajstić information content (AvgIpc) is 3.48. The number of hydrogen-bond acceptors (Lipinski definition) is 6. The number of aromatic nitrogens is 2. The Morgan fingerprint density at radius 2 is 1.91 bits per heavy atom. The lowest BCUT2D eigenvalue weighted by Crippen LogP contribution is -2.43. The number of imidazole rings is 1. The summed E-state index contributed by atoms with van der Waals surface area (Å²) in [6.07, 6.45) is 4.25. The first-order chi connectivity index (χ1) is 16.4. The van der Waals surface area contributed by atoms with E-state index < -0.39 is 9.84 Å². The van der Waals surface area contributed by atoms with Gasteiger partial charge in [0.2, 0.25) is 5.91 Å². The third kappa shape index (κ3) is 4.86. The van der Waals surface area contributed by atoms with Crippen molar-refractivity contribution in [2.45, 2.75) is 36.5 Å². The summed E-state index contributed by atoms with van der Waals surface area (Å²) in [7, 11) is -1.42. The largest absolute Gasteiger partial charge is 0.497 e. The Balaban J connectivity index is 1.42. The molecule has 1 atom stereocenters. The minimum Gasteiger partial charge on any atom is -0.497 e. The molecule has 0 unspecified atom stereocenters. The van der Waals surface area contributed by atoms with Crippen molar-refractivity contribution in [2.24, 2.45) is 0 Å². The van der Waals surface area contributed by atoms with Crippen molar-refractivity contribution in [1.82, 2.24) is 14.5 Å². The lowest BCUT2D eigenvalue weighted by atomic mass is 10.1. The van der Waals surface area contributed by atoms with E-state index in [1.54, 1.807) is 7.11 Å². The van der Waals surface area contributed by atoms with Crippen molar-refractivity contribution >= 4 is 27.5 Å². The van der Waals surface area contributed by atoms with Gasteiger partial charge in [-0.25, -0.2) is 13.4 Å². The van der Waals surface area contributed by atoms with Gasteiger partial charge in [-0.05, 0) is 31.4 Å². The number of sulfone groups is 1. The van der Waals surface area contributed by atoms with Gasteiger partial charge in [0.1, 0.15) is 5.75 Å². The number of thioether (sulfide) groups is 1. The molecule has 9 heteroatoms. The van der Waals surface area contributed by atoms with E-state index in [9.17, 15) is 13.2 Å². The number of hydrogen-bond donors (Lipinski definition) is 0. The van der Waals surface area contributed by atoms with Crippen LogP contribution in [0.15, 0.2) is 66.0 Å². The van der Waals surface area contributed by atoms with Crippen LogP contribution in [0.5, 0.6) is 5.75 Å². The number of nitrogens with zero attached hydrogens (tertiary/aromatic N) is 3. The molecule has 1 aliphatic heterocycles. The molecule has 2 heterocycles. The Kier molecular flexibility index (Phi) is 6.40. The van der Waals surface area contributed by atoms with E-state index in [1.165, 1.54) is 11.8 Å². The predicted molar refractivity (Wildman–Crippen MR) is 133 cm³/mol. The van der Waals surface area contributed by atoms with Gasteiger partial charge in [-0.3, -0.25) is 9.36 Å². The van der Waals surface area contributed by atoms with Gasteiger partial charge >= 0.3 is 0 Å². The van der Waals surface area contributed by atoms with E-state index in [0.717, 1.165) is 35.5 Å². The van der Waals surface area contributed by atoms with E-state index in [1.807, 2.05) is 70.3 Å². The van der Waals surface area contributed by atoms with E-state index in [0.29, 0.717) is 11.6 Å². The van der Waals surface area contributed by atoms with Crippen LogP contribution in [0.3, 0.4) is 0 Å². The molecule has 0 spiro atoms. The molecular weight excluding hydrogens is 470 g/mol. The van der Waals surface area contributed by atoms with Crippen LogP contribution in [0, 0.1) is 0 Å². The molecule has 2 aliphatic rings. The second kappa shape index (κ2) is 9.46. The lowest BCUT2D eigenvalue weighted by Gasteiger charge is -2.28. The van der Waals surface area contributed by atoms with Gasteiger partial charge in [-0.2, -0.15) is 0 Å². The third-order valence-electron chi connectivity index (χ3n) is 6.27. The first-order valence-electron chi connectivity index (χ1n) is 11.4. The van der Waals surface area contributed by atoms with Crippen LogP contribution in [-0.2, 0) is 14.6 Å². The van der Waals surface area contributed by atoms with Crippen LogP contribution in [0.1, 0.15) is 19.3 Å². The number of rotatable bonds is 8. The molecule has 2 aromatic carbocycles. The number of benzene rings is 2. The molecule has 178 valence electrons. The van der Waals surface area contributed by atoms with Crippen LogP contribution in [0.4, 0.5) is 0 Å². The van der Waals surface area contributed by atoms with E-state index >= 15 is 0 Å². The van der Waals surface area contributed by atoms with Crippen LogP contribution < -0.4 is 4.74 Å². The first kappa shape index (κ1) is 23.0. The molecule has 1 aliphatic carbocycles. The molecule has 3 aromatic rings. The minimum atomic E-state index is -3.05. The van der Waals surface area contributed by atoms with Crippen molar-refractivity contribution < 1.29 is 17.9 Å². The number of carbonyl (C=O) groups is 1. The maximum atomic E-state index is 13.3. The summed E-state index contributed by atoms with van der Waals surface area (Å²) in [5.74, 6) is 1.18. The Hall–Kier alpha value is -2.78. The summed E-state index contributed by atoms with van der Waals surface area (Å²) in [5, 5.41) is 0.704. The second-order valence-corrected chi connectivity index (χ2v) is 11.9. The highest BCUT2D eigenvalue weighted by Crippen LogP contribution is 2.35. The third-order valence-corrected chi connectivity index (χ3v) is 8.95. The molecule has 5 rings (SSSR count). The molecule has 1 aromatic heterocycles. The van der Waals surface area contributed by atoms with Gasteiger partial charge in [0.25, 0.3) is 0 Å². The first-order valence-corrected chi connectivity index (χ1v) is 14.2. The minimum absolute atomic E-state index is 0.0175. The maximum absolute atomic E-state index is 13.3. The standard InChI is InChI=1S/C25H27N3O4S2/c1-32-22-9-5-8-20(14-22)28-23(18-6-3-2-4-7-18)15-26-25(28)33-16-24(29)27(19-10-11-19)21-12-13-34(30,31)17-21/h2-9,14-15,19,21H,10-13,16-17H2,1H3/t21-/m1/s1. The smallest absolute Gasteiger partial charge is 0.233 e. The lowest BCUT2D eigenvalue weighted by molar-refractivity contribution is -0.130. The van der Waals surface area contributed by atoms with Crippen molar-refractivity contribution in [3.05, 3.63) is 60.8 Å². The summed E-state index contributed by atoms with van der Waals surface area (Å²) in [6.45, 7) is 0. The van der Waals surface area contributed by atoms with Crippen molar-refractivity contribution in [2.75, 3.05) is 24.4 Å². The van der Waals surface area contributed by atoms with Crippen molar-refractivity contribution in [3.8, 4) is 22.7 Å². The predicted octanol–water partition coefficient (Wildman–Crippen LogP) is 3.82. The van der Waals surface area contributed by atoms with Gasteiger partial charge < -0.3 is 9.64 Å². The fourth-order valence-corrected chi connectivity index (χ4v) is 7.08. The number of amides is 1. The van der Waals surface area contributed by atoms with E-state index in [-0.39, 0.29) is 35.2 Å². The van der Waals surface area contributed by atoms with Gasteiger partial charge in [-0.15, -0.1) is 0 Å². The highest BCUT2D eigenvalue weighted by molar-refractivity contribution is 7.99. The fraction of sp³-hybridized carbons (Fsp3) is 0.360. The maximum Gasteiger partial charge on any atom is 0.233 e. The Labute approximate surface area is 204 Å². The summed E-state index contributed by atoms with van der Waals surface area (Å²) in [5.41, 5.74) is 2.84. The van der Waals surface area contributed by atoms with Crippen LogP contribution in [0.2, 0.25) is 0 Å². The van der Waals surface area contributed by atoms with Crippen LogP contribution in [0.25, 0.3) is 16.9 Å². The quantitative estimate of drug-likeness (QED) is 0.440. The molecular formula is C25H27N3O4S2. The Morgan fingerprint density at radius 1 is 1.12 bits per heavy atom. The second-order valence-electron chi connectivity index (χ2n) is 8.71. The molecule has 7 nitrogen and oxygen atoms in total. The van der Waals surface area contributed by atoms with Gasteiger partial charge in [-0.1, -0.05) is 48.2 Å². The number of carbonyl (C=O) groups excluding carboxylic acids is 1. The summed E-state index contributed by atoms with van der Waals surface area (Å²) in [6, 6.07) is 17.7. The highest BCUT2D eigenvalue weighted by atomic mass is 32.2. The Morgan fingerprint density at radius 3 is 2.59 bits per heavy atom. The number of methoxy groups -OCH3 is 1. The van der Waals surface area contributed by atoms with E-state index in [2.05, 4.69) is 4.98 Å². The monoisotopic (exact) mass is 497 g/mol. The van der Waals surface area contributed by atoms with E-state index in [4.69, 9.17) is 4.74 Å². The molecule has 34 heavy (non-hydrogen) atoms. The summed E-state index contributed by atoms with van der Waals surface area (Å²) < 4.78 is 31.5. The van der Waals surface area contributed by atoms with Crippen molar-refractivity contribution in [1.29, 1.82) is 0 Å². The average molecular weight is 498 g/mol. The molecule has 0 N–H and O–H groups in total. The fourth-order valence-electron chi connectivity index (χ4n) is 4.50. The zero-order valence-electron chi connectivity index (χ0n) is 19.0. The molecule has 1 saturated carbocycles. The molecule has 0 bridgehead atoms. The number of ether oxygens (including phenoxy) is 1. The molecule has 1 amide bonds. The van der Waals surface area contributed by atoms with Gasteiger partial charge in [0, 0.05) is 23.7 Å². The topological polar surface area (TPSA) is 81.5 Å². The van der Waals surface area contributed by atoms with Crippen LogP contribution in [-0.4, -0.2) is 65.2 Å². The zero-order chi connectivity index (χ0) is 23.7. The van der Waals surface area contributed by atoms with Crippen LogP contribution >= 0.6 is 11.8 Å². The molecule has 0 radical (unpaired) electrons. The normalized spacial score (nSPS) is 19.1. The van der Waals surface area contributed by atoms with Crippen molar-refractivity contribution in [3.63, 3.8) is 0 Å². The zero-order valence-corrected chi connectivity index (χ0v) is 20.6. The van der Waals surface area contributed by atoms with Gasteiger partial charge in [0.05, 0.1) is 41.9 Å². The summed E-state index contributed by atoms with van der Waals surface area (Å²) in [4.78, 5) is 19.8. The summed E-state index contributed by atoms with van der Waals surface area (Å²) >= 11 is 1.38.